The van der Waals surface area contributed by atoms with Gasteiger partial charge in [0.2, 0.25) is 0 Å². The maximum absolute atomic E-state index is 5.57. The first kappa shape index (κ1) is 11.1. The lowest BCUT2D eigenvalue weighted by Crippen LogP contribution is -2.31. The molecule has 1 heterocycles. The van der Waals surface area contributed by atoms with E-state index in [0.29, 0.717) is 5.82 Å². The van der Waals surface area contributed by atoms with Gasteiger partial charge in [-0.1, -0.05) is 6.92 Å². The Labute approximate surface area is 96.1 Å². The van der Waals surface area contributed by atoms with Crippen LogP contribution < -0.4 is 11.1 Å². The fourth-order valence-electron chi connectivity index (χ4n) is 1.84. The van der Waals surface area contributed by atoms with Crippen LogP contribution in [0.4, 0.5) is 11.6 Å². The molecule has 5 nitrogen and oxygen atoms in total. The standard InChI is InChI=1S/C11H19N5/c1-2-16(9-3-4-9)6-5-13-11-7-10(12)14-8-15-11/h7-9H,2-6H2,1H3,(H3,12,13,14,15). The van der Waals surface area contributed by atoms with Gasteiger partial charge in [-0.05, 0) is 19.4 Å². The van der Waals surface area contributed by atoms with Crippen LogP contribution in [0.1, 0.15) is 19.8 Å². The van der Waals surface area contributed by atoms with Crippen LogP contribution in [-0.2, 0) is 0 Å². The summed E-state index contributed by atoms with van der Waals surface area (Å²) in [6.45, 7) is 5.30. The average molecular weight is 221 g/mol. The first-order valence-electron chi connectivity index (χ1n) is 5.85. The van der Waals surface area contributed by atoms with Crippen molar-refractivity contribution in [1.82, 2.24) is 14.9 Å². The molecular weight excluding hydrogens is 202 g/mol. The second kappa shape index (κ2) is 5.12. The quantitative estimate of drug-likeness (QED) is 0.748. The van der Waals surface area contributed by atoms with Gasteiger partial charge in [-0.3, -0.25) is 4.90 Å². The number of hydrogen-bond donors (Lipinski definition) is 2. The zero-order valence-corrected chi connectivity index (χ0v) is 9.69. The average Bonchev–Trinajstić information content (AvgIpc) is 3.08. The molecule has 0 spiro atoms. The molecule has 88 valence electrons. The Hall–Kier alpha value is -1.36. The van der Waals surface area contributed by atoms with E-state index in [0.717, 1.165) is 31.5 Å². The summed E-state index contributed by atoms with van der Waals surface area (Å²) in [5, 5.41) is 3.26. The third-order valence-corrected chi connectivity index (χ3v) is 2.86. The van der Waals surface area contributed by atoms with Crippen molar-refractivity contribution in [2.75, 3.05) is 30.7 Å². The molecule has 1 aromatic rings. The highest BCUT2D eigenvalue weighted by Crippen LogP contribution is 2.25. The normalized spacial score (nSPS) is 15.4. The highest BCUT2D eigenvalue weighted by molar-refractivity contribution is 5.43. The lowest BCUT2D eigenvalue weighted by atomic mass is 10.4. The summed E-state index contributed by atoms with van der Waals surface area (Å²) >= 11 is 0. The maximum atomic E-state index is 5.57. The predicted molar refractivity (Wildman–Crippen MR) is 65.2 cm³/mol. The van der Waals surface area contributed by atoms with Gasteiger partial charge in [-0.2, -0.15) is 0 Å². The first-order chi connectivity index (χ1) is 7.79. The number of nitrogens with one attached hydrogen (secondary N) is 1. The van der Waals surface area contributed by atoms with Gasteiger partial charge in [-0.15, -0.1) is 0 Å². The molecule has 0 aliphatic heterocycles. The molecule has 0 unspecified atom stereocenters. The van der Waals surface area contributed by atoms with E-state index >= 15 is 0 Å². The molecule has 0 amide bonds. The second-order valence-corrected chi connectivity index (χ2v) is 4.11. The third kappa shape index (κ3) is 3.06. The molecule has 0 radical (unpaired) electrons. The molecule has 0 saturated heterocycles. The Bertz CT molecular complexity index is 337. The minimum absolute atomic E-state index is 0.507. The zero-order valence-electron chi connectivity index (χ0n) is 9.69. The minimum Gasteiger partial charge on any atom is -0.384 e. The monoisotopic (exact) mass is 221 g/mol. The van der Waals surface area contributed by atoms with Gasteiger partial charge in [0, 0.05) is 25.2 Å². The van der Waals surface area contributed by atoms with Gasteiger partial charge in [-0.25, -0.2) is 9.97 Å². The topological polar surface area (TPSA) is 67.1 Å². The summed E-state index contributed by atoms with van der Waals surface area (Å²) in [5.41, 5.74) is 5.57. The zero-order chi connectivity index (χ0) is 11.4. The molecule has 1 aliphatic rings. The Morgan fingerprint density at radius 1 is 1.50 bits per heavy atom. The third-order valence-electron chi connectivity index (χ3n) is 2.86. The van der Waals surface area contributed by atoms with Crippen LogP contribution in [0.2, 0.25) is 0 Å². The molecule has 0 bridgehead atoms. The van der Waals surface area contributed by atoms with Crippen molar-refractivity contribution in [3.05, 3.63) is 12.4 Å². The molecule has 16 heavy (non-hydrogen) atoms. The van der Waals surface area contributed by atoms with Crippen molar-refractivity contribution in [3.8, 4) is 0 Å². The molecule has 3 N–H and O–H groups in total. The molecule has 0 atom stereocenters. The molecule has 1 aromatic heterocycles. The summed E-state index contributed by atoms with van der Waals surface area (Å²) in [6.07, 6.45) is 4.19. The number of nitrogen functional groups attached to an aromatic ring is 1. The second-order valence-electron chi connectivity index (χ2n) is 4.11. The summed E-state index contributed by atoms with van der Waals surface area (Å²) < 4.78 is 0. The van der Waals surface area contributed by atoms with Gasteiger partial charge < -0.3 is 11.1 Å². The maximum Gasteiger partial charge on any atom is 0.131 e. The molecule has 5 heteroatoms. The van der Waals surface area contributed by atoms with E-state index in [1.165, 1.54) is 19.2 Å². The van der Waals surface area contributed by atoms with Crippen LogP contribution in [0, 0.1) is 0 Å². The first-order valence-corrected chi connectivity index (χ1v) is 5.85. The van der Waals surface area contributed by atoms with Gasteiger partial charge in [0.1, 0.15) is 18.0 Å². The van der Waals surface area contributed by atoms with Crippen LogP contribution in [0.15, 0.2) is 12.4 Å². The van der Waals surface area contributed by atoms with E-state index in [2.05, 4.69) is 27.1 Å². The Balaban J connectivity index is 1.74. The number of nitrogens with zero attached hydrogens (tertiary/aromatic N) is 3. The Morgan fingerprint density at radius 2 is 2.31 bits per heavy atom. The van der Waals surface area contributed by atoms with E-state index in [9.17, 15) is 0 Å². The fraction of sp³-hybridized carbons (Fsp3) is 0.636. The van der Waals surface area contributed by atoms with E-state index in [1.807, 2.05) is 0 Å². The highest BCUT2D eigenvalue weighted by atomic mass is 15.2. The Kier molecular flexibility index (Phi) is 3.56. The van der Waals surface area contributed by atoms with Crippen LogP contribution in [0.3, 0.4) is 0 Å². The highest BCUT2D eigenvalue weighted by Gasteiger charge is 2.26. The van der Waals surface area contributed by atoms with Crippen molar-refractivity contribution in [1.29, 1.82) is 0 Å². The van der Waals surface area contributed by atoms with Crippen molar-refractivity contribution < 1.29 is 0 Å². The van der Waals surface area contributed by atoms with Crippen LogP contribution in [-0.4, -0.2) is 40.5 Å². The number of anilines is 2. The largest absolute Gasteiger partial charge is 0.384 e. The summed E-state index contributed by atoms with van der Waals surface area (Å²) in [5.74, 6) is 1.31. The number of rotatable bonds is 6. The molecule has 1 fully saturated rings. The molecule has 2 rings (SSSR count). The van der Waals surface area contributed by atoms with E-state index in [4.69, 9.17) is 5.73 Å². The van der Waals surface area contributed by atoms with Crippen molar-refractivity contribution in [3.63, 3.8) is 0 Å². The van der Waals surface area contributed by atoms with Crippen LogP contribution in [0.5, 0.6) is 0 Å². The van der Waals surface area contributed by atoms with Gasteiger partial charge in [0.15, 0.2) is 0 Å². The SMILES string of the molecule is CCN(CCNc1cc(N)ncn1)C1CC1. The van der Waals surface area contributed by atoms with E-state index < -0.39 is 0 Å². The minimum atomic E-state index is 0.507. The van der Waals surface area contributed by atoms with E-state index in [1.54, 1.807) is 6.07 Å². The predicted octanol–water partition coefficient (Wildman–Crippen LogP) is 0.955. The smallest absolute Gasteiger partial charge is 0.131 e. The Morgan fingerprint density at radius 3 is 2.94 bits per heavy atom. The van der Waals surface area contributed by atoms with Gasteiger partial charge in [0.05, 0.1) is 0 Å². The van der Waals surface area contributed by atoms with Gasteiger partial charge >= 0.3 is 0 Å². The molecule has 1 aliphatic carbocycles. The number of hydrogen-bond acceptors (Lipinski definition) is 5. The number of likely N-dealkylation sites (N-methyl/N-ethyl adjacent to an activating group) is 1. The van der Waals surface area contributed by atoms with Crippen molar-refractivity contribution in [2.45, 2.75) is 25.8 Å². The number of nitrogens with two attached hydrogens (primary N) is 1. The van der Waals surface area contributed by atoms with Crippen molar-refractivity contribution in [2.24, 2.45) is 0 Å². The molecule has 0 aromatic carbocycles. The van der Waals surface area contributed by atoms with E-state index in [-0.39, 0.29) is 0 Å². The fourth-order valence-corrected chi connectivity index (χ4v) is 1.84. The summed E-state index contributed by atoms with van der Waals surface area (Å²) in [4.78, 5) is 10.5. The van der Waals surface area contributed by atoms with Gasteiger partial charge in [0.25, 0.3) is 0 Å². The van der Waals surface area contributed by atoms with Crippen LogP contribution >= 0.6 is 0 Å². The number of aromatic nitrogens is 2. The summed E-state index contributed by atoms with van der Waals surface area (Å²) in [7, 11) is 0. The lowest BCUT2D eigenvalue weighted by Gasteiger charge is -2.19. The summed E-state index contributed by atoms with van der Waals surface area (Å²) in [6, 6.07) is 2.58. The van der Waals surface area contributed by atoms with Crippen molar-refractivity contribution >= 4 is 11.6 Å². The molecular formula is C11H19N5. The molecule has 1 saturated carbocycles. The van der Waals surface area contributed by atoms with Crippen LogP contribution in [0.25, 0.3) is 0 Å². The lowest BCUT2D eigenvalue weighted by molar-refractivity contribution is 0.289.